The summed E-state index contributed by atoms with van der Waals surface area (Å²) in [5.41, 5.74) is 6.37. The number of aromatic nitrogens is 2. The second-order valence-corrected chi connectivity index (χ2v) is 3.74. The zero-order valence-corrected chi connectivity index (χ0v) is 9.81. The molecule has 0 aliphatic carbocycles. The van der Waals surface area contributed by atoms with E-state index in [1.165, 1.54) is 13.3 Å². The molecular weight excluding hydrogens is 242 g/mol. The van der Waals surface area contributed by atoms with Crippen LogP contribution in [0, 0.1) is 0 Å². The zero-order chi connectivity index (χ0) is 12.4. The van der Waals surface area contributed by atoms with E-state index in [0.717, 1.165) is 0 Å². The maximum Gasteiger partial charge on any atom is 0.355 e. The van der Waals surface area contributed by atoms with Gasteiger partial charge in [-0.1, -0.05) is 11.6 Å². The van der Waals surface area contributed by atoms with Crippen molar-refractivity contribution >= 4 is 23.3 Å². The molecule has 0 amide bonds. The number of carbonyl (C=O) groups excluding carboxylic acids is 1. The highest BCUT2D eigenvalue weighted by Crippen LogP contribution is 2.22. The Bertz CT molecular complexity index is 566. The van der Waals surface area contributed by atoms with Gasteiger partial charge in [0, 0.05) is 6.20 Å². The number of anilines is 1. The van der Waals surface area contributed by atoms with E-state index < -0.39 is 5.97 Å². The van der Waals surface area contributed by atoms with Gasteiger partial charge in [-0.15, -0.1) is 0 Å². The van der Waals surface area contributed by atoms with Crippen molar-refractivity contribution in [1.82, 2.24) is 9.55 Å². The molecule has 17 heavy (non-hydrogen) atoms. The fraction of sp³-hybridized carbons (Fsp3) is 0.0909. The van der Waals surface area contributed by atoms with Gasteiger partial charge in [0.1, 0.15) is 5.69 Å². The molecule has 2 aromatic heterocycles. The first-order valence-corrected chi connectivity index (χ1v) is 5.18. The third kappa shape index (κ3) is 2.09. The molecule has 0 radical (unpaired) electrons. The van der Waals surface area contributed by atoms with Gasteiger partial charge in [-0.3, -0.25) is 4.57 Å². The van der Waals surface area contributed by atoms with Gasteiger partial charge < -0.3 is 10.5 Å². The zero-order valence-electron chi connectivity index (χ0n) is 9.05. The van der Waals surface area contributed by atoms with E-state index in [-0.39, 0.29) is 0 Å². The number of rotatable bonds is 2. The molecule has 0 aliphatic heterocycles. The van der Waals surface area contributed by atoms with E-state index in [2.05, 4.69) is 9.72 Å². The van der Waals surface area contributed by atoms with Gasteiger partial charge in [-0.2, -0.15) is 0 Å². The Kier molecular flexibility index (Phi) is 3.01. The van der Waals surface area contributed by atoms with Crippen molar-refractivity contribution in [2.75, 3.05) is 12.8 Å². The summed E-state index contributed by atoms with van der Waals surface area (Å²) in [6.45, 7) is 0. The minimum Gasteiger partial charge on any atom is -0.464 e. The van der Waals surface area contributed by atoms with Gasteiger partial charge in [0.25, 0.3) is 0 Å². The average molecular weight is 252 g/mol. The third-order valence-corrected chi connectivity index (χ3v) is 2.49. The van der Waals surface area contributed by atoms with Crippen LogP contribution < -0.4 is 5.73 Å². The molecule has 88 valence electrons. The molecule has 0 aromatic carbocycles. The lowest BCUT2D eigenvalue weighted by Gasteiger charge is -2.08. The number of ether oxygens (including phenoxy) is 1. The second-order valence-electron chi connectivity index (χ2n) is 3.33. The van der Waals surface area contributed by atoms with Crippen molar-refractivity contribution in [2.24, 2.45) is 0 Å². The summed E-state index contributed by atoms with van der Waals surface area (Å²) in [4.78, 5) is 15.6. The van der Waals surface area contributed by atoms with E-state index in [0.29, 0.717) is 22.2 Å². The van der Waals surface area contributed by atoms with Crippen LogP contribution in [0.5, 0.6) is 0 Å². The molecule has 2 rings (SSSR count). The van der Waals surface area contributed by atoms with Crippen molar-refractivity contribution in [3.8, 4) is 5.82 Å². The standard InChI is InChI=1S/C11H10ClN3O2/c1-17-11(16)9-3-2-4-15(9)10-8(12)5-7(13)6-14-10/h2-6H,13H2,1H3. The van der Waals surface area contributed by atoms with Crippen LogP contribution in [0.25, 0.3) is 5.82 Å². The van der Waals surface area contributed by atoms with E-state index in [9.17, 15) is 4.79 Å². The number of nitrogen functional groups attached to an aromatic ring is 1. The van der Waals surface area contributed by atoms with E-state index >= 15 is 0 Å². The number of methoxy groups -OCH3 is 1. The molecule has 0 atom stereocenters. The van der Waals surface area contributed by atoms with Crippen molar-refractivity contribution < 1.29 is 9.53 Å². The molecule has 0 spiro atoms. The van der Waals surface area contributed by atoms with Crippen molar-refractivity contribution in [1.29, 1.82) is 0 Å². The Morgan fingerprint density at radius 2 is 2.35 bits per heavy atom. The molecule has 0 unspecified atom stereocenters. The van der Waals surface area contributed by atoms with E-state index in [1.807, 2.05) is 0 Å². The molecular formula is C11H10ClN3O2. The molecule has 0 saturated carbocycles. The van der Waals surface area contributed by atoms with Crippen LogP contribution in [0.4, 0.5) is 5.69 Å². The minimum atomic E-state index is -0.454. The predicted octanol–water partition coefficient (Wildman–Crippen LogP) is 1.89. The second kappa shape index (κ2) is 4.47. The first-order chi connectivity index (χ1) is 8.13. The normalized spacial score (nSPS) is 10.2. The topological polar surface area (TPSA) is 70.1 Å². The highest BCUT2D eigenvalue weighted by atomic mass is 35.5. The number of hydrogen-bond acceptors (Lipinski definition) is 4. The molecule has 0 aliphatic rings. The van der Waals surface area contributed by atoms with Crippen LogP contribution in [0.2, 0.25) is 5.02 Å². The fourth-order valence-corrected chi connectivity index (χ4v) is 1.73. The maximum absolute atomic E-state index is 11.5. The number of carbonyl (C=O) groups is 1. The predicted molar refractivity (Wildman–Crippen MR) is 64.3 cm³/mol. The molecule has 0 bridgehead atoms. The third-order valence-electron chi connectivity index (χ3n) is 2.21. The average Bonchev–Trinajstić information content (AvgIpc) is 2.77. The summed E-state index contributed by atoms with van der Waals surface area (Å²) in [5.74, 6) is -0.0176. The summed E-state index contributed by atoms with van der Waals surface area (Å²) in [5, 5.41) is 0.367. The summed E-state index contributed by atoms with van der Waals surface area (Å²) in [7, 11) is 1.32. The Hall–Kier alpha value is -2.01. The summed E-state index contributed by atoms with van der Waals surface area (Å²) < 4.78 is 6.21. The first kappa shape index (κ1) is 11.5. The molecule has 2 N–H and O–H groups in total. The highest BCUT2D eigenvalue weighted by Gasteiger charge is 2.14. The van der Waals surface area contributed by atoms with Crippen LogP contribution in [0.15, 0.2) is 30.6 Å². The Morgan fingerprint density at radius 1 is 1.59 bits per heavy atom. The van der Waals surface area contributed by atoms with Crippen LogP contribution in [-0.4, -0.2) is 22.6 Å². The Balaban J connectivity index is 2.53. The van der Waals surface area contributed by atoms with Crippen LogP contribution in [0.1, 0.15) is 10.5 Å². The van der Waals surface area contributed by atoms with Crippen LogP contribution in [0.3, 0.4) is 0 Å². The Labute approximate surface area is 103 Å². The molecule has 6 heteroatoms. The number of nitrogens with zero attached hydrogens (tertiary/aromatic N) is 2. The van der Waals surface area contributed by atoms with Gasteiger partial charge in [0.15, 0.2) is 5.82 Å². The number of nitrogens with two attached hydrogens (primary N) is 1. The number of esters is 1. The van der Waals surface area contributed by atoms with Crippen molar-refractivity contribution in [2.45, 2.75) is 0 Å². The number of pyridine rings is 1. The van der Waals surface area contributed by atoms with Gasteiger partial charge in [-0.05, 0) is 18.2 Å². The minimum absolute atomic E-state index is 0.353. The lowest BCUT2D eigenvalue weighted by molar-refractivity contribution is 0.0591. The quantitative estimate of drug-likeness (QED) is 0.828. The molecule has 5 nitrogen and oxygen atoms in total. The van der Waals surface area contributed by atoms with Gasteiger partial charge in [0.2, 0.25) is 0 Å². The van der Waals surface area contributed by atoms with Crippen molar-refractivity contribution in [3.05, 3.63) is 41.3 Å². The first-order valence-electron chi connectivity index (χ1n) is 4.80. The fourth-order valence-electron chi connectivity index (χ4n) is 1.46. The lowest BCUT2D eigenvalue weighted by Crippen LogP contribution is -2.10. The monoisotopic (exact) mass is 251 g/mol. The maximum atomic E-state index is 11.5. The SMILES string of the molecule is COC(=O)c1cccn1-c1ncc(N)cc1Cl. The van der Waals surface area contributed by atoms with E-state index in [4.69, 9.17) is 17.3 Å². The van der Waals surface area contributed by atoms with Crippen molar-refractivity contribution in [3.63, 3.8) is 0 Å². The van der Waals surface area contributed by atoms with Crippen LogP contribution in [-0.2, 0) is 4.74 Å². The molecule has 0 saturated heterocycles. The molecule has 0 fully saturated rings. The van der Waals surface area contributed by atoms with Gasteiger partial charge in [0.05, 0.1) is 24.0 Å². The summed E-state index contributed by atoms with van der Waals surface area (Å²) in [6, 6.07) is 4.91. The van der Waals surface area contributed by atoms with Crippen LogP contribution >= 0.6 is 11.6 Å². The largest absolute Gasteiger partial charge is 0.464 e. The van der Waals surface area contributed by atoms with Gasteiger partial charge in [-0.25, -0.2) is 9.78 Å². The highest BCUT2D eigenvalue weighted by molar-refractivity contribution is 6.32. The summed E-state index contributed by atoms with van der Waals surface area (Å²) >= 11 is 6.03. The lowest BCUT2D eigenvalue weighted by atomic mass is 10.4. The number of halogens is 1. The summed E-state index contributed by atoms with van der Waals surface area (Å²) in [6.07, 6.45) is 3.15. The molecule has 2 aromatic rings. The number of hydrogen-bond donors (Lipinski definition) is 1. The van der Waals surface area contributed by atoms with Gasteiger partial charge >= 0.3 is 5.97 Å². The Morgan fingerprint density at radius 3 is 3.00 bits per heavy atom. The molecule has 2 heterocycles. The van der Waals surface area contributed by atoms with E-state index in [1.54, 1.807) is 29.0 Å². The smallest absolute Gasteiger partial charge is 0.355 e.